The summed E-state index contributed by atoms with van der Waals surface area (Å²) >= 11 is 0. The molecule has 1 aromatic carbocycles. The molecule has 25 heavy (non-hydrogen) atoms. The van der Waals surface area contributed by atoms with E-state index in [2.05, 4.69) is 36.2 Å². The molecule has 6 nitrogen and oxygen atoms in total. The summed E-state index contributed by atoms with van der Waals surface area (Å²) in [6.45, 7) is 8.68. The fourth-order valence-corrected chi connectivity index (χ4v) is 2.36. The van der Waals surface area contributed by atoms with Crippen LogP contribution < -0.4 is 5.32 Å². The maximum absolute atomic E-state index is 12.2. The van der Waals surface area contributed by atoms with Gasteiger partial charge >= 0.3 is 0 Å². The van der Waals surface area contributed by atoms with Gasteiger partial charge in [-0.05, 0) is 30.4 Å². The van der Waals surface area contributed by atoms with Gasteiger partial charge in [0.05, 0.1) is 6.10 Å². The van der Waals surface area contributed by atoms with Gasteiger partial charge in [-0.1, -0.05) is 45.0 Å². The average molecular weight is 345 g/mol. The first-order chi connectivity index (χ1) is 11.8. The van der Waals surface area contributed by atoms with Crippen molar-refractivity contribution in [2.24, 2.45) is 5.41 Å². The van der Waals surface area contributed by atoms with Crippen molar-refractivity contribution in [2.75, 3.05) is 6.54 Å². The van der Waals surface area contributed by atoms with Crippen LogP contribution in [0, 0.1) is 5.41 Å². The first-order valence-corrected chi connectivity index (χ1v) is 8.68. The molecule has 6 heteroatoms. The van der Waals surface area contributed by atoms with E-state index in [1.165, 1.54) is 0 Å². The number of amides is 1. The Balaban J connectivity index is 2.04. The second kappa shape index (κ2) is 8.25. The first-order valence-electron chi connectivity index (χ1n) is 8.68. The third-order valence-corrected chi connectivity index (χ3v) is 3.77. The molecule has 0 fully saturated rings. The van der Waals surface area contributed by atoms with Gasteiger partial charge in [0.15, 0.2) is 0 Å². The van der Waals surface area contributed by atoms with Gasteiger partial charge in [0.25, 0.3) is 5.91 Å². The summed E-state index contributed by atoms with van der Waals surface area (Å²) in [7, 11) is 0. The van der Waals surface area contributed by atoms with Crippen LogP contribution in [0.25, 0.3) is 11.4 Å². The van der Waals surface area contributed by atoms with Crippen molar-refractivity contribution in [3.8, 4) is 11.4 Å². The minimum Gasteiger partial charge on any atom is -0.393 e. The summed E-state index contributed by atoms with van der Waals surface area (Å²) in [6, 6.07) is 7.14. The fourth-order valence-electron chi connectivity index (χ4n) is 2.36. The largest absolute Gasteiger partial charge is 0.393 e. The Morgan fingerprint density at radius 3 is 2.80 bits per heavy atom. The number of hydrogen-bond donors (Lipinski definition) is 2. The van der Waals surface area contributed by atoms with Gasteiger partial charge in [0.2, 0.25) is 11.7 Å². The highest BCUT2D eigenvalue weighted by molar-refractivity contribution is 5.95. The summed E-state index contributed by atoms with van der Waals surface area (Å²) in [5.41, 5.74) is 1.34. The van der Waals surface area contributed by atoms with Crippen LogP contribution in [0.2, 0.25) is 0 Å². The minimum atomic E-state index is -0.382. The molecule has 2 aromatic rings. The van der Waals surface area contributed by atoms with Crippen molar-refractivity contribution in [2.45, 2.75) is 53.1 Å². The number of nitrogens with one attached hydrogen (secondary N) is 1. The van der Waals surface area contributed by atoms with Crippen molar-refractivity contribution >= 4 is 5.91 Å². The third-order valence-electron chi connectivity index (χ3n) is 3.77. The van der Waals surface area contributed by atoms with Crippen LogP contribution in [-0.4, -0.2) is 33.8 Å². The van der Waals surface area contributed by atoms with Gasteiger partial charge in [0.1, 0.15) is 0 Å². The second-order valence-corrected chi connectivity index (χ2v) is 7.44. The molecule has 1 amide bonds. The third kappa shape index (κ3) is 5.98. The van der Waals surface area contributed by atoms with Gasteiger partial charge in [-0.25, -0.2) is 0 Å². The Morgan fingerprint density at radius 1 is 1.36 bits per heavy atom. The number of rotatable bonds is 7. The highest BCUT2D eigenvalue weighted by atomic mass is 16.5. The number of benzene rings is 1. The molecule has 1 unspecified atom stereocenters. The Bertz CT molecular complexity index is 704. The average Bonchev–Trinajstić information content (AvgIpc) is 3.01. The molecule has 1 aromatic heterocycles. The van der Waals surface area contributed by atoms with E-state index in [-0.39, 0.29) is 17.4 Å². The summed E-state index contributed by atoms with van der Waals surface area (Å²) in [4.78, 5) is 16.7. The minimum absolute atomic E-state index is 0.0641. The number of hydrogen-bond acceptors (Lipinski definition) is 5. The van der Waals surface area contributed by atoms with Gasteiger partial charge in [0, 0.05) is 24.1 Å². The Kier molecular flexibility index (Phi) is 6.31. The predicted octanol–water partition coefficient (Wildman–Crippen LogP) is 3.22. The molecule has 0 radical (unpaired) electrons. The molecule has 2 N–H and O–H groups in total. The molecular formula is C19H27N3O3. The van der Waals surface area contributed by atoms with Crippen molar-refractivity contribution < 1.29 is 14.4 Å². The zero-order valence-electron chi connectivity index (χ0n) is 15.4. The lowest BCUT2D eigenvalue weighted by Gasteiger charge is -2.13. The number of carbonyl (C=O) groups is 1. The lowest BCUT2D eigenvalue weighted by Crippen LogP contribution is -2.27. The molecule has 0 aliphatic carbocycles. The van der Waals surface area contributed by atoms with Crippen LogP contribution in [0.1, 0.15) is 56.8 Å². The lowest BCUT2D eigenvalue weighted by atomic mass is 9.92. The standard InChI is InChI=1S/C19H27N3O3/c1-5-15(23)9-10-20-18(24)14-8-6-7-13(11-14)17-21-16(25-22-17)12-19(2,3)4/h6-8,11,15,23H,5,9-10,12H2,1-4H3,(H,20,24). The number of nitrogens with zero attached hydrogens (tertiary/aromatic N) is 2. The second-order valence-electron chi connectivity index (χ2n) is 7.44. The maximum Gasteiger partial charge on any atom is 0.251 e. The SMILES string of the molecule is CCC(O)CCNC(=O)c1cccc(-c2noc(CC(C)(C)C)n2)c1. The molecule has 136 valence electrons. The summed E-state index contributed by atoms with van der Waals surface area (Å²) in [5.74, 6) is 0.893. The lowest BCUT2D eigenvalue weighted by molar-refractivity contribution is 0.0942. The molecule has 0 spiro atoms. The molecule has 0 saturated carbocycles. The zero-order chi connectivity index (χ0) is 18.4. The van der Waals surface area contributed by atoms with E-state index in [1.807, 2.05) is 13.0 Å². The summed E-state index contributed by atoms with van der Waals surface area (Å²) < 4.78 is 5.31. The van der Waals surface area contributed by atoms with Crippen molar-refractivity contribution in [1.82, 2.24) is 15.5 Å². The van der Waals surface area contributed by atoms with Crippen LogP contribution in [0.3, 0.4) is 0 Å². The molecule has 0 aliphatic heterocycles. The van der Waals surface area contributed by atoms with Crippen molar-refractivity contribution in [3.05, 3.63) is 35.7 Å². The predicted molar refractivity (Wildman–Crippen MR) is 96.1 cm³/mol. The molecular weight excluding hydrogens is 318 g/mol. The normalized spacial score (nSPS) is 12.8. The van der Waals surface area contributed by atoms with Crippen molar-refractivity contribution in [3.63, 3.8) is 0 Å². The molecule has 0 saturated heterocycles. The van der Waals surface area contributed by atoms with Crippen molar-refractivity contribution in [1.29, 1.82) is 0 Å². The Hall–Kier alpha value is -2.21. The van der Waals surface area contributed by atoms with E-state index in [1.54, 1.807) is 18.2 Å². The molecule has 1 heterocycles. The van der Waals surface area contributed by atoms with Gasteiger partial charge in [-0.15, -0.1) is 0 Å². The van der Waals surface area contributed by atoms with E-state index in [0.29, 0.717) is 43.1 Å². The smallest absolute Gasteiger partial charge is 0.251 e. The van der Waals surface area contributed by atoms with E-state index in [4.69, 9.17) is 4.52 Å². The number of carbonyl (C=O) groups excluding carboxylic acids is 1. The van der Waals surface area contributed by atoms with Gasteiger partial charge < -0.3 is 14.9 Å². The zero-order valence-corrected chi connectivity index (χ0v) is 15.4. The molecule has 0 bridgehead atoms. The van der Waals surface area contributed by atoms with E-state index in [0.717, 1.165) is 5.56 Å². The fraction of sp³-hybridized carbons (Fsp3) is 0.526. The molecule has 1 atom stereocenters. The van der Waals surface area contributed by atoms with Gasteiger partial charge in [-0.2, -0.15) is 4.98 Å². The quantitative estimate of drug-likeness (QED) is 0.804. The van der Waals surface area contributed by atoms with Crippen LogP contribution in [0.4, 0.5) is 0 Å². The van der Waals surface area contributed by atoms with E-state index < -0.39 is 0 Å². The number of aliphatic hydroxyl groups is 1. The maximum atomic E-state index is 12.2. The van der Waals surface area contributed by atoms with Gasteiger partial charge in [-0.3, -0.25) is 4.79 Å². The number of aliphatic hydroxyl groups excluding tert-OH is 1. The first kappa shape index (κ1) is 19.1. The van der Waals surface area contributed by atoms with Crippen LogP contribution in [0.15, 0.2) is 28.8 Å². The van der Waals surface area contributed by atoms with E-state index in [9.17, 15) is 9.90 Å². The number of aromatic nitrogens is 2. The van der Waals surface area contributed by atoms with Crippen LogP contribution >= 0.6 is 0 Å². The van der Waals surface area contributed by atoms with E-state index >= 15 is 0 Å². The Labute approximate surface area is 148 Å². The summed E-state index contributed by atoms with van der Waals surface area (Å²) in [5, 5.41) is 16.4. The molecule has 2 rings (SSSR count). The molecule has 0 aliphatic rings. The topological polar surface area (TPSA) is 88.2 Å². The summed E-state index contributed by atoms with van der Waals surface area (Å²) in [6.07, 6.45) is 1.54. The Morgan fingerprint density at radius 2 is 2.12 bits per heavy atom. The van der Waals surface area contributed by atoms with Crippen LogP contribution in [-0.2, 0) is 6.42 Å². The monoisotopic (exact) mass is 345 g/mol. The highest BCUT2D eigenvalue weighted by Gasteiger charge is 2.17. The van der Waals surface area contributed by atoms with Crippen LogP contribution in [0.5, 0.6) is 0 Å². The highest BCUT2D eigenvalue weighted by Crippen LogP contribution is 2.22.